The first-order valence-electron chi connectivity index (χ1n) is 6.57. The number of thioether (sulfide) groups is 1. The van der Waals surface area contributed by atoms with Crippen molar-refractivity contribution in [2.75, 3.05) is 11.1 Å². The lowest BCUT2D eigenvalue weighted by Crippen LogP contribution is -1.88. The minimum Gasteiger partial charge on any atom is -0.330 e. The maximum Gasteiger partial charge on any atom is 0.210 e. The molecule has 6 heteroatoms. The number of pyridine rings is 1. The molecule has 3 aromatic rings. The van der Waals surface area contributed by atoms with Crippen LogP contribution in [0.4, 0.5) is 10.8 Å². The summed E-state index contributed by atoms with van der Waals surface area (Å²) in [5, 5.41) is 12.4. The van der Waals surface area contributed by atoms with Crippen LogP contribution in [0.15, 0.2) is 59.2 Å². The number of para-hydroxylation sites is 1. The number of nitrogens with zero attached hydrogens (tertiary/aromatic N) is 3. The van der Waals surface area contributed by atoms with Crippen molar-refractivity contribution in [3.05, 3.63) is 60.4 Å². The standard InChI is InChI=1S/C15H14N4S2/c1-2-4-13(5-3-1)17-14-18-19-15(21-14)20-11-8-12-6-9-16-10-7-12/h1-7,9-10H,8,11H2,(H,17,18). The summed E-state index contributed by atoms with van der Waals surface area (Å²) in [6.07, 6.45) is 4.66. The van der Waals surface area contributed by atoms with E-state index in [1.807, 2.05) is 54.9 Å². The Labute approximate surface area is 131 Å². The third kappa shape index (κ3) is 4.27. The molecule has 0 spiro atoms. The van der Waals surface area contributed by atoms with E-state index in [-0.39, 0.29) is 0 Å². The number of benzene rings is 1. The second-order valence-electron chi connectivity index (χ2n) is 4.32. The average Bonchev–Trinajstić information content (AvgIpc) is 2.97. The zero-order chi connectivity index (χ0) is 14.3. The summed E-state index contributed by atoms with van der Waals surface area (Å²) in [6, 6.07) is 14.1. The maximum absolute atomic E-state index is 4.20. The summed E-state index contributed by atoms with van der Waals surface area (Å²) >= 11 is 3.31. The third-order valence-corrected chi connectivity index (χ3v) is 4.77. The molecule has 2 heterocycles. The molecule has 0 bridgehead atoms. The highest BCUT2D eigenvalue weighted by Gasteiger charge is 2.05. The first-order valence-corrected chi connectivity index (χ1v) is 8.38. The van der Waals surface area contributed by atoms with Gasteiger partial charge in [-0.3, -0.25) is 4.98 Å². The Balaban J connectivity index is 1.51. The highest BCUT2D eigenvalue weighted by molar-refractivity contribution is 8.01. The zero-order valence-electron chi connectivity index (χ0n) is 11.3. The molecule has 1 aromatic carbocycles. The third-order valence-electron chi connectivity index (χ3n) is 2.80. The van der Waals surface area contributed by atoms with Crippen molar-refractivity contribution in [1.82, 2.24) is 15.2 Å². The molecule has 4 nitrogen and oxygen atoms in total. The summed E-state index contributed by atoms with van der Waals surface area (Å²) < 4.78 is 0.988. The Morgan fingerprint density at radius 1 is 1.00 bits per heavy atom. The molecule has 1 N–H and O–H groups in total. The van der Waals surface area contributed by atoms with Crippen LogP contribution >= 0.6 is 23.1 Å². The smallest absolute Gasteiger partial charge is 0.210 e. The van der Waals surface area contributed by atoms with E-state index in [2.05, 4.69) is 20.5 Å². The predicted octanol–water partition coefficient (Wildman–Crippen LogP) is 4.01. The summed E-state index contributed by atoms with van der Waals surface area (Å²) in [7, 11) is 0. The van der Waals surface area contributed by atoms with Crippen molar-refractivity contribution in [1.29, 1.82) is 0 Å². The van der Waals surface area contributed by atoms with Crippen LogP contribution in [0.5, 0.6) is 0 Å². The van der Waals surface area contributed by atoms with Gasteiger partial charge in [-0.15, -0.1) is 10.2 Å². The van der Waals surface area contributed by atoms with Gasteiger partial charge in [0.15, 0.2) is 4.34 Å². The number of aryl methyl sites for hydroxylation is 1. The van der Waals surface area contributed by atoms with E-state index in [0.717, 1.165) is 27.3 Å². The molecule has 0 amide bonds. The van der Waals surface area contributed by atoms with E-state index in [1.54, 1.807) is 23.1 Å². The Hall–Kier alpha value is -1.92. The van der Waals surface area contributed by atoms with E-state index < -0.39 is 0 Å². The Morgan fingerprint density at radius 2 is 1.81 bits per heavy atom. The lowest BCUT2D eigenvalue weighted by atomic mass is 10.2. The largest absolute Gasteiger partial charge is 0.330 e. The molecule has 0 fully saturated rings. The molecular weight excluding hydrogens is 300 g/mol. The van der Waals surface area contributed by atoms with Gasteiger partial charge in [0.1, 0.15) is 0 Å². The molecule has 0 unspecified atom stereocenters. The van der Waals surface area contributed by atoms with Gasteiger partial charge in [-0.2, -0.15) is 0 Å². The van der Waals surface area contributed by atoms with Gasteiger partial charge in [0.25, 0.3) is 0 Å². The van der Waals surface area contributed by atoms with Gasteiger partial charge in [-0.05, 0) is 36.2 Å². The normalized spacial score (nSPS) is 10.5. The Kier molecular flexibility index (Phi) is 4.81. The first-order chi connectivity index (χ1) is 10.4. The number of aromatic nitrogens is 3. The fraction of sp³-hybridized carbons (Fsp3) is 0.133. The maximum atomic E-state index is 4.20. The number of anilines is 2. The quantitative estimate of drug-likeness (QED) is 0.697. The van der Waals surface area contributed by atoms with Crippen LogP contribution in [-0.4, -0.2) is 20.9 Å². The van der Waals surface area contributed by atoms with Gasteiger partial charge in [0, 0.05) is 23.8 Å². The van der Waals surface area contributed by atoms with E-state index in [0.29, 0.717) is 0 Å². The van der Waals surface area contributed by atoms with Crippen LogP contribution < -0.4 is 5.32 Å². The molecule has 0 saturated carbocycles. The number of nitrogens with one attached hydrogen (secondary N) is 1. The van der Waals surface area contributed by atoms with Crippen molar-refractivity contribution in [2.45, 2.75) is 10.8 Å². The zero-order valence-corrected chi connectivity index (χ0v) is 12.9. The molecule has 21 heavy (non-hydrogen) atoms. The minimum absolute atomic E-state index is 0.826. The van der Waals surface area contributed by atoms with Crippen molar-refractivity contribution >= 4 is 33.9 Å². The summed E-state index contributed by atoms with van der Waals surface area (Å²) in [5.41, 5.74) is 2.33. The van der Waals surface area contributed by atoms with Crippen LogP contribution in [0.3, 0.4) is 0 Å². The van der Waals surface area contributed by atoms with Crippen LogP contribution in [0.25, 0.3) is 0 Å². The molecule has 0 saturated heterocycles. The van der Waals surface area contributed by atoms with Gasteiger partial charge in [-0.25, -0.2) is 0 Å². The van der Waals surface area contributed by atoms with Crippen LogP contribution in [0, 0.1) is 0 Å². The highest BCUT2D eigenvalue weighted by Crippen LogP contribution is 2.27. The predicted molar refractivity (Wildman–Crippen MR) is 88.3 cm³/mol. The second-order valence-corrected chi connectivity index (χ2v) is 6.64. The average molecular weight is 314 g/mol. The lowest BCUT2D eigenvalue weighted by Gasteiger charge is -1.99. The molecule has 0 radical (unpaired) electrons. The van der Waals surface area contributed by atoms with Crippen LogP contribution in [-0.2, 0) is 6.42 Å². The van der Waals surface area contributed by atoms with E-state index >= 15 is 0 Å². The minimum atomic E-state index is 0.826. The van der Waals surface area contributed by atoms with Gasteiger partial charge in [0.05, 0.1) is 0 Å². The Morgan fingerprint density at radius 3 is 2.62 bits per heavy atom. The summed E-state index contributed by atoms with van der Waals surface area (Å²) in [6.45, 7) is 0. The molecule has 0 aliphatic rings. The van der Waals surface area contributed by atoms with E-state index in [1.165, 1.54) is 5.56 Å². The van der Waals surface area contributed by atoms with Gasteiger partial charge in [-0.1, -0.05) is 41.3 Å². The fourth-order valence-corrected chi connectivity index (χ4v) is 3.60. The molecule has 0 aliphatic carbocycles. The van der Waals surface area contributed by atoms with Crippen molar-refractivity contribution in [2.24, 2.45) is 0 Å². The van der Waals surface area contributed by atoms with Gasteiger partial charge in [0.2, 0.25) is 5.13 Å². The lowest BCUT2D eigenvalue weighted by molar-refractivity contribution is 1.01. The second kappa shape index (κ2) is 7.19. The topological polar surface area (TPSA) is 50.7 Å². The van der Waals surface area contributed by atoms with Crippen molar-refractivity contribution in [3.8, 4) is 0 Å². The van der Waals surface area contributed by atoms with Crippen LogP contribution in [0.2, 0.25) is 0 Å². The van der Waals surface area contributed by atoms with Crippen molar-refractivity contribution < 1.29 is 0 Å². The highest BCUT2D eigenvalue weighted by atomic mass is 32.2. The molecule has 2 aromatic heterocycles. The molecule has 106 valence electrons. The molecule has 3 rings (SSSR count). The van der Waals surface area contributed by atoms with E-state index in [4.69, 9.17) is 0 Å². The summed E-state index contributed by atoms with van der Waals surface area (Å²) in [4.78, 5) is 4.02. The Bertz CT molecular complexity index is 670. The SMILES string of the molecule is c1ccc(Nc2nnc(SCCc3ccncc3)s2)cc1. The van der Waals surface area contributed by atoms with E-state index in [9.17, 15) is 0 Å². The summed E-state index contributed by atoms with van der Waals surface area (Å²) in [5.74, 6) is 0.990. The molecular formula is C15H14N4S2. The van der Waals surface area contributed by atoms with Gasteiger partial charge < -0.3 is 5.32 Å². The van der Waals surface area contributed by atoms with Crippen molar-refractivity contribution in [3.63, 3.8) is 0 Å². The molecule has 0 atom stereocenters. The fourth-order valence-electron chi connectivity index (χ4n) is 1.77. The van der Waals surface area contributed by atoms with Gasteiger partial charge >= 0.3 is 0 Å². The number of hydrogen-bond donors (Lipinski definition) is 1. The van der Waals surface area contributed by atoms with Crippen LogP contribution in [0.1, 0.15) is 5.56 Å². The first kappa shape index (κ1) is 14.0. The number of hydrogen-bond acceptors (Lipinski definition) is 6. The monoisotopic (exact) mass is 314 g/mol. The number of rotatable bonds is 6. The molecule has 0 aliphatic heterocycles.